The van der Waals surface area contributed by atoms with E-state index in [1.807, 2.05) is 0 Å². The van der Waals surface area contributed by atoms with Gasteiger partial charge in [-0.1, -0.05) is 28.1 Å². The van der Waals surface area contributed by atoms with Crippen LogP contribution in [-0.2, 0) is 0 Å². The van der Waals surface area contributed by atoms with Crippen molar-refractivity contribution in [2.24, 2.45) is 0 Å². The molecule has 2 atom stereocenters. The van der Waals surface area contributed by atoms with Crippen LogP contribution < -0.4 is 5.32 Å². The minimum atomic E-state index is 0.453. The van der Waals surface area contributed by atoms with Gasteiger partial charge in [-0.3, -0.25) is 0 Å². The summed E-state index contributed by atoms with van der Waals surface area (Å²) in [7, 11) is 0. The summed E-state index contributed by atoms with van der Waals surface area (Å²) in [5, 5.41) is 4.46. The van der Waals surface area contributed by atoms with Crippen molar-refractivity contribution in [1.29, 1.82) is 0 Å². The van der Waals surface area contributed by atoms with E-state index in [0.29, 0.717) is 6.04 Å². The summed E-state index contributed by atoms with van der Waals surface area (Å²) >= 11 is 5.58. The number of rotatable bonds is 4. The molecule has 0 aromatic heterocycles. The van der Waals surface area contributed by atoms with Gasteiger partial charge < -0.3 is 5.32 Å². The first-order valence-corrected chi connectivity index (χ1v) is 7.70. The summed E-state index contributed by atoms with van der Waals surface area (Å²) in [6.07, 6.45) is 2.77. The lowest BCUT2D eigenvalue weighted by Crippen LogP contribution is -2.26. The Kier molecular flexibility index (Phi) is 4.74. The minimum absolute atomic E-state index is 0.453. The first-order valence-electron chi connectivity index (χ1n) is 5.86. The number of hydrogen-bond acceptors (Lipinski definition) is 2. The van der Waals surface area contributed by atoms with E-state index in [0.717, 1.165) is 16.3 Å². The molecule has 0 radical (unpaired) electrons. The van der Waals surface area contributed by atoms with Crippen LogP contribution in [-0.4, -0.2) is 17.5 Å². The maximum Gasteiger partial charge on any atom is 0.0292 e. The van der Waals surface area contributed by atoms with Gasteiger partial charge in [0.1, 0.15) is 0 Å². The molecule has 1 fully saturated rings. The molecule has 0 bridgehead atoms. The van der Waals surface area contributed by atoms with E-state index in [2.05, 4.69) is 64.2 Å². The van der Waals surface area contributed by atoms with Gasteiger partial charge in [0.25, 0.3) is 0 Å². The molecule has 0 spiro atoms. The average Bonchev–Trinajstić information content (AvgIpc) is 2.80. The van der Waals surface area contributed by atoms with Crippen molar-refractivity contribution in [2.75, 3.05) is 12.3 Å². The highest BCUT2D eigenvalue weighted by atomic mass is 79.9. The summed E-state index contributed by atoms with van der Waals surface area (Å²) in [5.41, 5.74) is 1.37. The van der Waals surface area contributed by atoms with E-state index in [4.69, 9.17) is 0 Å². The van der Waals surface area contributed by atoms with Crippen LogP contribution >= 0.6 is 27.7 Å². The Morgan fingerprint density at radius 3 is 2.81 bits per heavy atom. The van der Waals surface area contributed by atoms with E-state index < -0.39 is 0 Å². The van der Waals surface area contributed by atoms with Crippen molar-refractivity contribution in [3.8, 4) is 0 Å². The van der Waals surface area contributed by atoms with Gasteiger partial charge in [-0.15, -0.1) is 0 Å². The molecule has 88 valence electrons. The van der Waals surface area contributed by atoms with Gasteiger partial charge in [0.2, 0.25) is 0 Å². The monoisotopic (exact) mass is 299 g/mol. The second kappa shape index (κ2) is 6.08. The number of hydrogen-bond donors (Lipinski definition) is 1. The Bertz CT molecular complexity index is 319. The molecule has 1 heterocycles. The third-order valence-corrected chi connectivity index (χ3v) is 4.97. The quantitative estimate of drug-likeness (QED) is 0.902. The fourth-order valence-electron chi connectivity index (χ4n) is 1.98. The maximum atomic E-state index is 3.62. The smallest absolute Gasteiger partial charge is 0.0292 e. The molecule has 16 heavy (non-hydrogen) atoms. The van der Waals surface area contributed by atoms with E-state index in [9.17, 15) is 0 Å². The van der Waals surface area contributed by atoms with Gasteiger partial charge in [0.05, 0.1) is 0 Å². The topological polar surface area (TPSA) is 12.0 Å². The molecule has 1 aliphatic rings. The molecule has 1 saturated heterocycles. The van der Waals surface area contributed by atoms with E-state index in [-0.39, 0.29) is 0 Å². The highest BCUT2D eigenvalue weighted by molar-refractivity contribution is 9.10. The zero-order chi connectivity index (χ0) is 11.4. The van der Waals surface area contributed by atoms with Crippen LogP contribution in [0.3, 0.4) is 0 Å². The van der Waals surface area contributed by atoms with Crippen molar-refractivity contribution in [3.63, 3.8) is 0 Å². The van der Waals surface area contributed by atoms with E-state index in [1.54, 1.807) is 0 Å². The highest BCUT2D eigenvalue weighted by Crippen LogP contribution is 2.26. The summed E-state index contributed by atoms with van der Waals surface area (Å²) in [5.74, 6) is 1.35. The number of halogens is 1. The Labute approximate surface area is 111 Å². The highest BCUT2D eigenvalue weighted by Gasteiger charge is 2.16. The third kappa shape index (κ3) is 3.51. The molecular weight excluding hydrogens is 282 g/mol. The van der Waals surface area contributed by atoms with Gasteiger partial charge in [-0.25, -0.2) is 0 Å². The predicted octanol–water partition coefficient (Wildman–Crippen LogP) is 4.00. The van der Waals surface area contributed by atoms with Crippen molar-refractivity contribution in [3.05, 3.63) is 34.3 Å². The Hall–Kier alpha value is 0.01000. The van der Waals surface area contributed by atoms with Crippen LogP contribution in [0.1, 0.15) is 31.4 Å². The summed E-state index contributed by atoms with van der Waals surface area (Å²) < 4.78 is 1.15. The fraction of sp³-hybridized carbons (Fsp3) is 0.538. The summed E-state index contributed by atoms with van der Waals surface area (Å²) in [6.45, 7) is 3.38. The van der Waals surface area contributed by atoms with Crippen LogP contribution in [0.2, 0.25) is 0 Å². The second-order valence-electron chi connectivity index (χ2n) is 4.32. The van der Waals surface area contributed by atoms with Gasteiger partial charge in [0.15, 0.2) is 0 Å². The standard InChI is InChI=1S/C13H18BrNS/c1-10(11-4-6-12(14)7-5-11)15-9-13-3-2-8-16-13/h4-7,10,13,15H,2-3,8-9H2,1H3. The maximum absolute atomic E-state index is 3.62. The zero-order valence-corrected chi connectivity index (χ0v) is 12.0. The lowest BCUT2D eigenvalue weighted by atomic mass is 10.1. The fourth-order valence-corrected chi connectivity index (χ4v) is 3.46. The van der Waals surface area contributed by atoms with Crippen LogP contribution in [0.4, 0.5) is 0 Å². The Balaban J connectivity index is 1.82. The normalized spacial score (nSPS) is 22.2. The summed E-state index contributed by atoms with van der Waals surface area (Å²) in [6, 6.07) is 9.04. The number of thioether (sulfide) groups is 1. The van der Waals surface area contributed by atoms with Crippen molar-refractivity contribution >= 4 is 27.7 Å². The Morgan fingerprint density at radius 1 is 1.44 bits per heavy atom. The molecule has 1 aromatic carbocycles. The number of nitrogens with one attached hydrogen (secondary N) is 1. The molecule has 0 amide bonds. The van der Waals surface area contributed by atoms with E-state index >= 15 is 0 Å². The summed E-state index contributed by atoms with van der Waals surface area (Å²) in [4.78, 5) is 0. The number of benzene rings is 1. The molecular formula is C13H18BrNS. The molecule has 3 heteroatoms. The van der Waals surface area contributed by atoms with Crippen molar-refractivity contribution in [1.82, 2.24) is 5.32 Å². The lowest BCUT2D eigenvalue weighted by molar-refractivity contribution is 0.559. The second-order valence-corrected chi connectivity index (χ2v) is 6.64. The van der Waals surface area contributed by atoms with E-state index in [1.165, 1.54) is 24.2 Å². The first kappa shape index (κ1) is 12.5. The van der Waals surface area contributed by atoms with Crippen LogP contribution in [0, 0.1) is 0 Å². The molecule has 2 rings (SSSR count). The SMILES string of the molecule is CC(NCC1CCCS1)c1ccc(Br)cc1. The largest absolute Gasteiger partial charge is 0.309 e. The van der Waals surface area contributed by atoms with Crippen molar-refractivity contribution < 1.29 is 0 Å². The first-order chi connectivity index (χ1) is 7.75. The molecule has 1 aromatic rings. The lowest BCUT2D eigenvalue weighted by Gasteiger charge is -2.17. The van der Waals surface area contributed by atoms with Crippen LogP contribution in [0.5, 0.6) is 0 Å². The van der Waals surface area contributed by atoms with Crippen molar-refractivity contribution in [2.45, 2.75) is 31.1 Å². The van der Waals surface area contributed by atoms with Crippen LogP contribution in [0.25, 0.3) is 0 Å². The van der Waals surface area contributed by atoms with Gasteiger partial charge >= 0.3 is 0 Å². The van der Waals surface area contributed by atoms with Crippen LogP contribution in [0.15, 0.2) is 28.7 Å². The molecule has 0 aliphatic carbocycles. The molecule has 1 N–H and O–H groups in total. The molecule has 2 unspecified atom stereocenters. The molecule has 1 aliphatic heterocycles. The molecule has 0 saturated carbocycles. The third-order valence-electron chi connectivity index (χ3n) is 3.05. The average molecular weight is 300 g/mol. The van der Waals surface area contributed by atoms with Gasteiger partial charge in [0, 0.05) is 22.3 Å². The van der Waals surface area contributed by atoms with Gasteiger partial charge in [-0.2, -0.15) is 11.8 Å². The Morgan fingerprint density at radius 2 is 2.19 bits per heavy atom. The van der Waals surface area contributed by atoms with Gasteiger partial charge in [-0.05, 0) is 43.2 Å². The minimum Gasteiger partial charge on any atom is -0.309 e. The predicted molar refractivity (Wildman–Crippen MR) is 76.0 cm³/mol. The zero-order valence-electron chi connectivity index (χ0n) is 9.58. The molecule has 1 nitrogen and oxygen atoms in total.